The van der Waals surface area contributed by atoms with E-state index < -0.39 is 6.09 Å². The van der Waals surface area contributed by atoms with E-state index in [-0.39, 0.29) is 17.7 Å². The number of anilines is 1. The van der Waals surface area contributed by atoms with E-state index in [1.807, 2.05) is 45.9 Å². The molecule has 0 bridgehead atoms. The van der Waals surface area contributed by atoms with Crippen molar-refractivity contribution in [3.63, 3.8) is 0 Å². The lowest BCUT2D eigenvalue weighted by atomic mass is 10.1. The molecule has 1 aliphatic rings. The van der Waals surface area contributed by atoms with Gasteiger partial charge in [0.1, 0.15) is 17.3 Å². The minimum atomic E-state index is -0.412. The van der Waals surface area contributed by atoms with E-state index in [4.69, 9.17) is 19.2 Å². The molecule has 2 atom stereocenters. The molecule has 1 fully saturated rings. The Hall–Kier alpha value is -3.07. The second-order valence-corrected chi connectivity index (χ2v) is 7.75. The Balaban J connectivity index is 1.98. The maximum Gasteiger partial charge on any atom is 0.409 e. The molecule has 32 heavy (non-hydrogen) atoms. The van der Waals surface area contributed by atoms with Gasteiger partial charge in [-0.05, 0) is 51.5 Å². The molecular formula is C23H32N4O5. The molecule has 1 amide bonds. The molecule has 1 saturated heterocycles. The van der Waals surface area contributed by atoms with Crippen LogP contribution in [0.2, 0.25) is 0 Å². The maximum atomic E-state index is 13.5. The third kappa shape index (κ3) is 4.57. The molecule has 9 heteroatoms. The lowest BCUT2D eigenvalue weighted by Crippen LogP contribution is -2.38. The van der Waals surface area contributed by atoms with Gasteiger partial charge in [-0.25, -0.2) is 9.78 Å². The van der Waals surface area contributed by atoms with Gasteiger partial charge in [0.15, 0.2) is 0 Å². The Bertz CT molecular complexity index is 1040. The summed E-state index contributed by atoms with van der Waals surface area (Å²) in [5.74, 6) is 1.37. The Morgan fingerprint density at radius 1 is 1.22 bits per heavy atom. The van der Waals surface area contributed by atoms with Crippen molar-refractivity contribution in [3.05, 3.63) is 39.8 Å². The second kappa shape index (κ2) is 10.0. The van der Waals surface area contributed by atoms with Crippen LogP contribution in [0.5, 0.6) is 5.75 Å². The van der Waals surface area contributed by atoms with Crippen LogP contribution in [0.1, 0.15) is 25.1 Å². The first-order chi connectivity index (χ1) is 15.3. The quantitative estimate of drug-likeness (QED) is 0.702. The maximum absolute atomic E-state index is 13.5. The SMILES string of the molecule is CCO[C@H]1CN(C(=O)OC)CC1Nc1c(C)nc(-c2ccc(OC)cc2C)n(CC)c1=O. The van der Waals surface area contributed by atoms with Gasteiger partial charge in [0.2, 0.25) is 0 Å². The molecule has 0 radical (unpaired) electrons. The second-order valence-electron chi connectivity index (χ2n) is 7.75. The molecule has 9 nitrogen and oxygen atoms in total. The van der Waals surface area contributed by atoms with Crippen molar-refractivity contribution in [1.29, 1.82) is 0 Å². The number of nitrogens with zero attached hydrogens (tertiary/aromatic N) is 3. The number of nitrogens with one attached hydrogen (secondary N) is 1. The number of carbonyl (C=O) groups excluding carboxylic acids is 1. The molecule has 1 aliphatic heterocycles. The van der Waals surface area contributed by atoms with Crippen molar-refractivity contribution in [2.45, 2.75) is 46.4 Å². The van der Waals surface area contributed by atoms with Gasteiger partial charge in [-0.3, -0.25) is 9.36 Å². The van der Waals surface area contributed by atoms with Crippen molar-refractivity contribution in [2.24, 2.45) is 0 Å². The lowest BCUT2D eigenvalue weighted by molar-refractivity contribution is 0.0614. The van der Waals surface area contributed by atoms with E-state index in [1.54, 1.807) is 16.6 Å². The number of carbonyl (C=O) groups is 1. The molecule has 1 N–H and O–H groups in total. The first-order valence-electron chi connectivity index (χ1n) is 10.8. The standard InChI is InChI=1S/C23H32N4O5/c1-7-27-21(17-10-9-16(30-5)11-14(17)3)24-15(4)20(22(27)28)25-18-12-26(23(29)31-6)13-19(18)32-8-2/h9-11,18-19,25H,7-8,12-13H2,1-6H3/t18?,19-/m0/s1. The van der Waals surface area contributed by atoms with E-state index in [2.05, 4.69) is 5.32 Å². The van der Waals surface area contributed by atoms with Crippen molar-refractivity contribution in [1.82, 2.24) is 14.5 Å². The van der Waals surface area contributed by atoms with Gasteiger partial charge < -0.3 is 24.4 Å². The summed E-state index contributed by atoms with van der Waals surface area (Å²) in [6.07, 6.45) is -0.665. The third-order valence-corrected chi connectivity index (χ3v) is 5.75. The van der Waals surface area contributed by atoms with E-state index in [0.29, 0.717) is 43.4 Å². The van der Waals surface area contributed by atoms with Crippen LogP contribution in [0.15, 0.2) is 23.0 Å². The average molecular weight is 445 g/mol. The fourth-order valence-corrected chi connectivity index (χ4v) is 4.10. The Morgan fingerprint density at radius 3 is 2.56 bits per heavy atom. The smallest absolute Gasteiger partial charge is 0.409 e. The summed E-state index contributed by atoms with van der Waals surface area (Å²) < 4.78 is 17.6. The van der Waals surface area contributed by atoms with Gasteiger partial charge in [0.25, 0.3) is 5.56 Å². The molecule has 3 rings (SSSR count). The van der Waals surface area contributed by atoms with Crippen molar-refractivity contribution in [2.75, 3.05) is 39.2 Å². The van der Waals surface area contributed by atoms with Crippen LogP contribution in [0.4, 0.5) is 10.5 Å². The normalized spacial score (nSPS) is 18.0. The fourth-order valence-electron chi connectivity index (χ4n) is 4.10. The van der Waals surface area contributed by atoms with Gasteiger partial charge in [-0.2, -0.15) is 0 Å². The largest absolute Gasteiger partial charge is 0.497 e. The summed E-state index contributed by atoms with van der Waals surface area (Å²) in [4.78, 5) is 31.8. The Morgan fingerprint density at radius 2 is 1.97 bits per heavy atom. The van der Waals surface area contributed by atoms with Gasteiger partial charge >= 0.3 is 6.09 Å². The number of amides is 1. The topological polar surface area (TPSA) is 94.9 Å². The molecular weight excluding hydrogens is 412 g/mol. The molecule has 174 valence electrons. The van der Waals surface area contributed by atoms with Crippen molar-refractivity contribution in [3.8, 4) is 17.1 Å². The van der Waals surface area contributed by atoms with Crippen LogP contribution in [0, 0.1) is 13.8 Å². The number of methoxy groups -OCH3 is 2. The van der Waals surface area contributed by atoms with Gasteiger partial charge in [0.05, 0.1) is 38.6 Å². The van der Waals surface area contributed by atoms with Gasteiger partial charge in [0, 0.05) is 25.3 Å². The molecule has 0 aliphatic carbocycles. The van der Waals surface area contributed by atoms with Crippen LogP contribution >= 0.6 is 0 Å². The summed E-state index contributed by atoms with van der Waals surface area (Å²) >= 11 is 0. The van der Waals surface area contributed by atoms with E-state index in [9.17, 15) is 9.59 Å². The highest BCUT2D eigenvalue weighted by Gasteiger charge is 2.37. The fraction of sp³-hybridized carbons (Fsp3) is 0.522. The summed E-state index contributed by atoms with van der Waals surface area (Å²) in [6.45, 7) is 9.35. The minimum Gasteiger partial charge on any atom is -0.497 e. The number of benzene rings is 1. The number of ether oxygens (including phenoxy) is 3. The first kappa shape index (κ1) is 23.6. The van der Waals surface area contributed by atoms with E-state index in [1.165, 1.54) is 7.11 Å². The zero-order chi connectivity index (χ0) is 23.4. The number of aryl methyl sites for hydroxylation is 2. The van der Waals surface area contributed by atoms with Crippen molar-refractivity contribution < 1.29 is 19.0 Å². The molecule has 0 spiro atoms. The highest BCUT2D eigenvalue weighted by atomic mass is 16.5. The molecule has 1 unspecified atom stereocenters. The van der Waals surface area contributed by atoms with Crippen LogP contribution in [0.25, 0.3) is 11.4 Å². The van der Waals surface area contributed by atoms with E-state index >= 15 is 0 Å². The van der Waals surface area contributed by atoms with Crippen LogP contribution in [0.3, 0.4) is 0 Å². The summed E-state index contributed by atoms with van der Waals surface area (Å²) in [5.41, 5.74) is 2.71. The number of hydrogen-bond acceptors (Lipinski definition) is 7. The number of likely N-dealkylation sites (tertiary alicyclic amines) is 1. The highest BCUT2D eigenvalue weighted by molar-refractivity contribution is 5.68. The third-order valence-electron chi connectivity index (χ3n) is 5.75. The first-order valence-corrected chi connectivity index (χ1v) is 10.8. The number of rotatable bonds is 7. The average Bonchev–Trinajstić information content (AvgIpc) is 3.18. The predicted octanol–water partition coefficient (Wildman–Crippen LogP) is 2.82. The summed E-state index contributed by atoms with van der Waals surface area (Å²) in [6, 6.07) is 5.46. The van der Waals surface area contributed by atoms with Crippen molar-refractivity contribution >= 4 is 11.8 Å². The Labute approximate surface area is 188 Å². The van der Waals surface area contributed by atoms with E-state index in [0.717, 1.165) is 16.9 Å². The molecule has 2 heterocycles. The molecule has 2 aromatic rings. The van der Waals surface area contributed by atoms with Crippen LogP contribution < -0.4 is 15.6 Å². The van der Waals surface area contributed by atoms with Gasteiger partial charge in [-0.1, -0.05) is 0 Å². The summed E-state index contributed by atoms with van der Waals surface area (Å²) in [7, 11) is 2.98. The molecule has 1 aromatic heterocycles. The predicted molar refractivity (Wildman–Crippen MR) is 122 cm³/mol. The van der Waals surface area contributed by atoms with Crippen LogP contribution in [-0.4, -0.2) is 66.6 Å². The molecule has 0 saturated carbocycles. The number of aromatic nitrogens is 2. The highest BCUT2D eigenvalue weighted by Crippen LogP contribution is 2.27. The summed E-state index contributed by atoms with van der Waals surface area (Å²) in [5, 5.41) is 3.32. The Kier molecular flexibility index (Phi) is 7.40. The lowest BCUT2D eigenvalue weighted by Gasteiger charge is -2.22. The minimum absolute atomic E-state index is 0.156. The molecule has 1 aromatic carbocycles. The zero-order valence-corrected chi connectivity index (χ0v) is 19.6. The number of hydrogen-bond donors (Lipinski definition) is 1. The van der Waals surface area contributed by atoms with Gasteiger partial charge in [-0.15, -0.1) is 0 Å². The zero-order valence-electron chi connectivity index (χ0n) is 19.6. The monoisotopic (exact) mass is 444 g/mol. The van der Waals surface area contributed by atoms with Crippen LogP contribution in [-0.2, 0) is 16.0 Å².